The molecule has 142 valence electrons. The summed E-state index contributed by atoms with van der Waals surface area (Å²) in [4.78, 5) is 2.56. The van der Waals surface area contributed by atoms with E-state index in [1.165, 1.54) is 37.1 Å². The molecule has 0 amide bonds. The quantitative estimate of drug-likeness (QED) is 0.719. The maximum Gasteiger partial charge on any atom is 0.120 e. The molecule has 0 saturated carbocycles. The highest BCUT2D eigenvalue weighted by atomic mass is 16.5. The number of hydrogen-bond acceptors (Lipinski definition) is 3. The Morgan fingerprint density at radius 3 is 2.42 bits per heavy atom. The van der Waals surface area contributed by atoms with Gasteiger partial charge in [-0.2, -0.15) is 0 Å². The van der Waals surface area contributed by atoms with Crippen LogP contribution in [0.15, 0.2) is 54.6 Å². The minimum Gasteiger partial charge on any atom is -0.489 e. The third-order valence-electron chi connectivity index (χ3n) is 4.60. The Labute approximate surface area is 159 Å². The maximum absolute atomic E-state index is 5.99. The number of ether oxygens (including phenoxy) is 1. The Hall–Kier alpha value is -1.84. The van der Waals surface area contributed by atoms with Crippen LogP contribution >= 0.6 is 0 Å². The number of likely N-dealkylation sites (tertiary alicyclic amines) is 1. The van der Waals surface area contributed by atoms with E-state index in [4.69, 9.17) is 4.74 Å². The molecule has 1 aliphatic heterocycles. The zero-order chi connectivity index (χ0) is 18.6. The smallest absolute Gasteiger partial charge is 0.120 e. The lowest BCUT2D eigenvalue weighted by molar-refractivity contribution is 0.290. The van der Waals surface area contributed by atoms with Crippen LogP contribution in [0.2, 0.25) is 0 Å². The van der Waals surface area contributed by atoms with Crippen molar-refractivity contribution in [1.29, 1.82) is 0 Å². The van der Waals surface area contributed by atoms with E-state index in [2.05, 4.69) is 47.5 Å². The lowest BCUT2D eigenvalue weighted by Gasteiger charge is -2.25. The van der Waals surface area contributed by atoms with Gasteiger partial charge in [0.15, 0.2) is 0 Å². The molecule has 3 nitrogen and oxygen atoms in total. The lowest BCUT2D eigenvalue weighted by Crippen LogP contribution is -2.33. The van der Waals surface area contributed by atoms with Crippen LogP contribution in [-0.2, 0) is 6.61 Å². The minimum absolute atomic E-state index is 0.369. The van der Waals surface area contributed by atoms with E-state index in [1.807, 2.05) is 38.1 Å². The molecule has 1 N–H and O–H groups in total. The molecule has 0 spiro atoms. The van der Waals surface area contributed by atoms with Gasteiger partial charge in [-0.1, -0.05) is 63.2 Å². The minimum atomic E-state index is 0.369. The number of hydrogen-bond donors (Lipinski definition) is 1. The molecule has 2 aromatic rings. The number of nitrogens with zero attached hydrogens (tertiary/aromatic N) is 1. The molecule has 1 aliphatic rings. The van der Waals surface area contributed by atoms with E-state index in [1.54, 1.807) is 0 Å². The molecular weight excluding hydrogens is 320 g/mol. The summed E-state index contributed by atoms with van der Waals surface area (Å²) in [7, 11) is 0. The fourth-order valence-corrected chi connectivity index (χ4v) is 3.32. The van der Waals surface area contributed by atoms with Crippen LogP contribution in [-0.4, -0.2) is 31.1 Å². The predicted molar refractivity (Wildman–Crippen MR) is 111 cm³/mol. The topological polar surface area (TPSA) is 24.5 Å². The van der Waals surface area contributed by atoms with E-state index >= 15 is 0 Å². The first-order valence-corrected chi connectivity index (χ1v) is 10.1. The van der Waals surface area contributed by atoms with E-state index in [0.717, 1.165) is 18.8 Å². The second kappa shape index (κ2) is 11.7. The average molecular weight is 355 g/mol. The summed E-state index contributed by atoms with van der Waals surface area (Å²) in [6.45, 7) is 11.3. The third kappa shape index (κ3) is 6.47. The summed E-state index contributed by atoms with van der Waals surface area (Å²) in [6, 6.07) is 19.2. The van der Waals surface area contributed by atoms with E-state index in [-0.39, 0.29) is 0 Å². The molecule has 0 unspecified atom stereocenters. The van der Waals surface area contributed by atoms with Gasteiger partial charge in [0.05, 0.1) is 0 Å². The standard InChI is InChI=1S/C21H28N2O.C2H6/c1-2-22-21(16-23-13-6-7-14-23)19-11-8-12-20(15-19)24-17-18-9-4-3-5-10-18;1-2/h3-5,8-12,15,21-22H,2,6-7,13-14,16-17H2,1H3;1-2H3/t21-;/m1./s1. The van der Waals surface area contributed by atoms with Crippen LogP contribution in [0.1, 0.15) is 50.8 Å². The van der Waals surface area contributed by atoms with Gasteiger partial charge in [0, 0.05) is 12.6 Å². The van der Waals surface area contributed by atoms with Crippen molar-refractivity contribution in [3.63, 3.8) is 0 Å². The maximum atomic E-state index is 5.99. The zero-order valence-corrected chi connectivity index (χ0v) is 16.6. The average Bonchev–Trinajstić information content (AvgIpc) is 3.22. The van der Waals surface area contributed by atoms with Gasteiger partial charge in [-0.15, -0.1) is 0 Å². The van der Waals surface area contributed by atoms with Gasteiger partial charge >= 0.3 is 0 Å². The molecule has 3 heteroatoms. The van der Waals surface area contributed by atoms with Gasteiger partial charge in [-0.25, -0.2) is 0 Å². The van der Waals surface area contributed by atoms with Gasteiger partial charge in [0.1, 0.15) is 12.4 Å². The fraction of sp³-hybridized carbons (Fsp3) is 0.478. The normalized spacial score (nSPS) is 15.2. The molecule has 1 fully saturated rings. The SMILES string of the molecule is CC.CCN[C@H](CN1CCCC1)c1cccc(OCc2ccccc2)c1. The van der Waals surface area contributed by atoms with Crippen LogP contribution in [0.4, 0.5) is 0 Å². The molecule has 26 heavy (non-hydrogen) atoms. The van der Waals surface area contributed by atoms with Crippen molar-refractivity contribution in [2.75, 3.05) is 26.2 Å². The second-order valence-corrected chi connectivity index (χ2v) is 6.46. The van der Waals surface area contributed by atoms with E-state index < -0.39 is 0 Å². The predicted octanol–water partition coefficient (Wildman–Crippen LogP) is 5.04. The van der Waals surface area contributed by atoms with Crippen molar-refractivity contribution in [3.05, 3.63) is 65.7 Å². The van der Waals surface area contributed by atoms with Crippen LogP contribution in [0.5, 0.6) is 5.75 Å². The molecule has 1 atom stereocenters. The van der Waals surface area contributed by atoms with Crippen molar-refractivity contribution in [3.8, 4) is 5.75 Å². The molecule has 0 aromatic heterocycles. The Bertz CT molecular complexity index is 609. The van der Waals surface area contributed by atoms with Crippen molar-refractivity contribution < 1.29 is 4.74 Å². The molecule has 1 heterocycles. The van der Waals surface area contributed by atoms with Crippen LogP contribution in [0.25, 0.3) is 0 Å². The summed E-state index contributed by atoms with van der Waals surface area (Å²) >= 11 is 0. The third-order valence-corrected chi connectivity index (χ3v) is 4.60. The largest absolute Gasteiger partial charge is 0.489 e. The second-order valence-electron chi connectivity index (χ2n) is 6.46. The van der Waals surface area contributed by atoms with Gasteiger partial charge < -0.3 is 15.0 Å². The fourth-order valence-electron chi connectivity index (χ4n) is 3.32. The number of benzene rings is 2. The summed E-state index contributed by atoms with van der Waals surface area (Å²) in [5, 5.41) is 3.63. The van der Waals surface area contributed by atoms with Crippen LogP contribution in [0, 0.1) is 0 Å². The molecule has 3 rings (SSSR count). The van der Waals surface area contributed by atoms with E-state index in [9.17, 15) is 0 Å². The molecule has 0 aliphatic carbocycles. The number of rotatable bonds is 8. The summed E-state index contributed by atoms with van der Waals surface area (Å²) < 4.78 is 5.99. The molecule has 1 saturated heterocycles. The summed E-state index contributed by atoms with van der Waals surface area (Å²) in [5.74, 6) is 0.945. The number of nitrogens with one attached hydrogen (secondary N) is 1. The zero-order valence-electron chi connectivity index (χ0n) is 16.6. The first-order chi connectivity index (χ1) is 12.8. The molecule has 0 radical (unpaired) electrons. The van der Waals surface area contributed by atoms with Gasteiger partial charge in [0.25, 0.3) is 0 Å². The van der Waals surface area contributed by atoms with Crippen LogP contribution < -0.4 is 10.1 Å². The van der Waals surface area contributed by atoms with Gasteiger partial charge in [-0.05, 0) is 55.7 Å². The van der Waals surface area contributed by atoms with Crippen LogP contribution in [0.3, 0.4) is 0 Å². The summed E-state index contributed by atoms with van der Waals surface area (Å²) in [6.07, 6.45) is 2.66. The van der Waals surface area contributed by atoms with Crippen molar-refractivity contribution >= 4 is 0 Å². The van der Waals surface area contributed by atoms with Crippen molar-refractivity contribution in [1.82, 2.24) is 10.2 Å². The molecule has 0 bridgehead atoms. The molecular formula is C23H34N2O. The van der Waals surface area contributed by atoms with E-state index in [0.29, 0.717) is 12.6 Å². The Kier molecular flexibility index (Phi) is 9.22. The molecule has 2 aromatic carbocycles. The Morgan fingerprint density at radius 1 is 1.00 bits per heavy atom. The van der Waals surface area contributed by atoms with Crippen molar-refractivity contribution in [2.24, 2.45) is 0 Å². The summed E-state index contributed by atoms with van der Waals surface area (Å²) in [5.41, 5.74) is 2.51. The first-order valence-electron chi connectivity index (χ1n) is 10.1. The Morgan fingerprint density at radius 2 is 1.73 bits per heavy atom. The number of likely N-dealkylation sites (N-methyl/N-ethyl adjacent to an activating group) is 1. The van der Waals surface area contributed by atoms with Gasteiger partial charge in [0.2, 0.25) is 0 Å². The monoisotopic (exact) mass is 354 g/mol. The highest BCUT2D eigenvalue weighted by Gasteiger charge is 2.18. The van der Waals surface area contributed by atoms with Crippen molar-refractivity contribution in [2.45, 2.75) is 46.3 Å². The van der Waals surface area contributed by atoms with Gasteiger partial charge in [-0.3, -0.25) is 0 Å². The highest BCUT2D eigenvalue weighted by Crippen LogP contribution is 2.22. The lowest BCUT2D eigenvalue weighted by atomic mass is 10.1. The highest BCUT2D eigenvalue weighted by molar-refractivity contribution is 5.31. The Balaban J connectivity index is 0.00000117. The first kappa shape index (κ1) is 20.5.